The Morgan fingerprint density at radius 3 is 2.71 bits per heavy atom. The maximum absolute atomic E-state index is 5.80. The standard InChI is InChI=1S/C11H24N2O/c1-3-4-5-6-10(13-12)11-8-7-9(2)14-11/h9-11,13H,3-8,12H2,1-2H3. The van der Waals surface area contributed by atoms with Crippen molar-refractivity contribution in [2.24, 2.45) is 5.84 Å². The molecule has 3 N–H and O–H groups in total. The van der Waals surface area contributed by atoms with Gasteiger partial charge in [-0.3, -0.25) is 11.3 Å². The molecule has 1 aliphatic rings. The summed E-state index contributed by atoms with van der Waals surface area (Å²) >= 11 is 0. The van der Waals surface area contributed by atoms with Crippen molar-refractivity contribution in [1.29, 1.82) is 0 Å². The molecule has 0 aliphatic carbocycles. The molecule has 3 unspecified atom stereocenters. The minimum Gasteiger partial charge on any atom is -0.374 e. The second kappa shape index (κ2) is 6.38. The molecule has 1 aliphatic heterocycles. The van der Waals surface area contributed by atoms with Gasteiger partial charge in [0.15, 0.2) is 0 Å². The fourth-order valence-electron chi connectivity index (χ4n) is 2.12. The molecular weight excluding hydrogens is 176 g/mol. The van der Waals surface area contributed by atoms with Gasteiger partial charge in [0.25, 0.3) is 0 Å². The van der Waals surface area contributed by atoms with Gasteiger partial charge in [0.05, 0.1) is 12.2 Å². The van der Waals surface area contributed by atoms with Gasteiger partial charge in [-0.1, -0.05) is 26.2 Å². The van der Waals surface area contributed by atoms with Gasteiger partial charge in [-0.2, -0.15) is 0 Å². The van der Waals surface area contributed by atoms with Gasteiger partial charge in [-0.05, 0) is 26.2 Å². The highest BCUT2D eigenvalue weighted by atomic mass is 16.5. The number of unbranched alkanes of at least 4 members (excludes halogenated alkanes) is 2. The summed E-state index contributed by atoms with van der Waals surface area (Å²) in [6, 6.07) is 0.353. The fourth-order valence-corrected chi connectivity index (χ4v) is 2.12. The average Bonchev–Trinajstić information content (AvgIpc) is 2.60. The third-order valence-corrected chi connectivity index (χ3v) is 3.05. The van der Waals surface area contributed by atoms with Gasteiger partial charge in [0.2, 0.25) is 0 Å². The van der Waals surface area contributed by atoms with Crippen LogP contribution in [-0.4, -0.2) is 18.2 Å². The van der Waals surface area contributed by atoms with Crippen molar-refractivity contribution in [2.45, 2.75) is 70.6 Å². The van der Waals surface area contributed by atoms with E-state index in [1.54, 1.807) is 0 Å². The summed E-state index contributed by atoms with van der Waals surface area (Å²) in [5, 5.41) is 0. The first-order valence-corrected chi connectivity index (χ1v) is 5.89. The Labute approximate surface area is 87.4 Å². The molecule has 1 rings (SSSR count). The molecule has 1 saturated heterocycles. The van der Waals surface area contributed by atoms with Crippen molar-refractivity contribution in [3.05, 3.63) is 0 Å². The number of nitrogens with two attached hydrogens (primary N) is 1. The van der Waals surface area contributed by atoms with Gasteiger partial charge in [0, 0.05) is 6.04 Å². The van der Waals surface area contributed by atoms with Crippen LogP contribution in [-0.2, 0) is 4.74 Å². The average molecular weight is 200 g/mol. The molecular formula is C11H24N2O. The van der Waals surface area contributed by atoms with Crippen molar-refractivity contribution in [3.8, 4) is 0 Å². The Kier molecular flexibility index (Phi) is 5.45. The summed E-state index contributed by atoms with van der Waals surface area (Å²) in [5.41, 5.74) is 2.90. The van der Waals surface area contributed by atoms with Gasteiger partial charge in [-0.25, -0.2) is 0 Å². The number of nitrogens with one attached hydrogen (secondary N) is 1. The Bertz CT molecular complexity index is 152. The number of hydrogen-bond acceptors (Lipinski definition) is 3. The summed E-state index contributed by atoms with van der Waals surface area (Å²) in [6.07, 6.45) is 8.04. The molecule has 0 amide bonds. The molecule has 0 bridgehead atoms. The SMILES string of the molecule is CCCCCC(NN)C1CCC(C)O1. The molecule has 3 atom stereocenters. The topological polar surface area (TPSA) is 47.3 Å². The van der Waals surface area contributed by atoms with Crippen molar-refractivity contribution in [2.75, 3.05) is 0 Å². The van der Waals surface area contributed by atoms with Crippen molar-refractivity contribution >= 4 is 0 Å². The monoisotopic (exact) mass is 200 g/mol. The van der Waals surface area contributed by atoms with E-state index in [9.17, 15) is 0 Å². The summed E-state index contributed by atoms with van der Waals surface area (Å²) in [6.45, 7) is 4.36. The number of hydrazine groups is 1. The zero-order valence-electron chi connectivity index (χ0n) is 9.46. The highest BCUT2D eigenvalue weighted by Crippen LogP contribution is 2.23. The smallest absolute Gasteiger partial charge is 0.0746 e. The van der Waals surface area contributed by atoms with Crippen LogP contribution in [0, 0.1) is 0 Å². The zero-order chi connectivity index (χ0) is 10.4. The quantitative estimate of drug-likeness (QED) is 0.391. The van der Waals surface area contributed by atoms with Gasteiger partial charge < -0.3 is 4.74 Å². The molecule has 1 heterocycles. The molecule has 0 spiro atoms. The lowest BCUT2D eigenvalue weighted by Gasteiger charge is -2.22. The fraction of sp³-hybridized carbons (Fsp3) is 1.00. The van der Waals surface area contributed by atoms with Crippen molar-refractivity contribution in [3.63, 3.8) is 0 Å². The molecule has 1 fully saturated rings. The van der Waals surface area contributed by atoms with E-state index in [1.165, 1.54) is 25.7 Å². The van der Waals surface area contributed by atoms with Gasteiger partial charge >= 0.3 is 0 Å². The first-order chi connectivity index (χ1) is 6.77. The van der Waals surface area contributed by atoms with E-state index in [1.807, 2.05) is 0 Å². The zero-order valence-corrected chi connectivity index (χ0v) is 9.46. The van der Waals surface area contributed by atoms with Crippen LogP contribution in [0.3, 0.4) is 0 Å². The lowest BCUT2D eigenvalue weighted by molar-refractivity contribution is 0.0295. The number of hydrogen-bond donors (Lipinski definition) is 2. The normalized spacial score (nSPS) is 29.4. The molecule has 3 nitrogen and oxygen atoms in total. The van der Waals surface area contributed by atoms with Crippen LogP contribution >= 0.6 is 0 Å². The van der Waals surface area contributed by atoms with E-state index >= 15 is 0 Å². The molecule has 0 aromatic carbocycles. The molecule has 14 heavy (non-hydrogen) atoms. The predicted octanol–water partition coefficient (Wildman–Crippen LogP) is 1.97. The maximum Gasteiger partial charge on any atom is 0.0746 e. The van der Waals surface area contributed by atoms with Crippen LogP contribution in [0.4, 0.5) is 0 Å². The van der Waals surface area contributed by atoms with Gasteiger partial charge in [0.1, 0.15) is 0 Å². The van der Waals surface area contributed by atoms with Crippen LogP contribution in [0.2, 0.25) is 0 Å². The van der Waals surface area contributed by atoms with Crippen LogP contribution in [0.25, 0.3) is 0 Å². The molecule has 3 heteroatoms. The van der Waals surface area contributed by atoms with E-state index in [4.69, 9.17) is 10.6 Å². The van der Waals surface area contributed by atoms with Crippen LogP contribution in [0.15, 0.2) is 0 Å². The maximum atomic E-state index is 5.80. The third kappa shape index (κ3) is 3.56. The summed E-state index contributed by atoms with van der Waals surface area (Å²) < 4.78 is 5.80. The highest BCUT2D eigenvalue weighted by Gasteiger charge is 2.28. The highest BCUT2D eigenvalue weighted by molar-refractivity contribution is 4.81. The molecule has 84 valence electrons. The lowest BCUT2D eigenvalue weighted by atomic mass is 10.0. The summed E-state index contributed by atoms with van der Waals surface area (Å²) in [5.74, 6) is 5.55. The van der Waals surface area contributed by atoms with Crippen molar-refractivity contribution < 1.29 is 4.74 Å². The second-order valence-corrected chi connectivity index (χ2v) is 4.33. The molecule has 0 saturated carbocycles. The minimum atomic E-state index is 0.340. The minimum absolute atomic E-state index is 0.340. The van der Waals surface area contributed by atoms with Gasteiger partial charge in [-0.15, -0.1) is 0 Å². The Morgan fingerprint density at radius 1 is 1.43 bits per heavy atom. The Hall–Kier alpha value is -0.120. The first kappa shape index (κ1) is 12.0. The third-order valence-electron chi connectivity index (χ3n) is 3.05. The van der Waals surface area contributed by atoms with E-state index in [-0.39, 0.29) is 0 Å². The molecule has 0 aromatic rings. The van der Waals surface area contributed by atoms with Crippen LogP contribution < -0.4 is 11.3 Å². The second-order valence-electron chi connectivity index (χ2n) is 4.33. The Balaban J connectivity index is 2.23. The van der Waals surface area contributed by atoms with E-state index in [0.717, 1.165) is 12.8 Å². The van der Waals surface area contributed by atoms with E-state index < -0.39 is 0 Å². The number of rotatable bonds is 6. The van der Waals surface area contributed by atoms with E-state index in [2.05, 4.69) is 19.3 Å². The Morgan fingerprint density at radius 2 is 2.21 bits per heavy atom. The molecule has 0 radical (unpaired) electrons. The number of ether oxygens (including phenoxy) is 1. The summed E-state index contributed by atoms with van der Waals surface area (Å²) in [7, 11) is 0. The summed E-state index contributed by atoms with van der Waals surface area (Å²) in [4.78, 5) is 0. The van der Waals surface area contributed by atoms with Crippen LogP contribution in [0.5, 0.6) is 0 Å². The van der Waals surface area contributed by atoms with E-state index in [0.29, 0.717) is 18.2 Å². The molecule has 0 aromatic heterocycles. The van der Waals surface area contributed by atoms with Crippen LogP contribution in [0.1, 0.15) is 52.4 Å². The predicted molar refractivity (Wildman–Crippen MR) is 58.8 cm³/mol. The lowest BCUT2D eigenvalue weighted by Crippen LogP contribution is -2.43. The largest absolute Gasteiger partial charge is 0.374 e. The van der Waals surface area contributed by atoms with Crippen molar-refractivity contribution in [1.82, 2.24) is 5.43 Å². The first-order valence-electron chi connectivity index (χ1n) is 5.89.